The first-order valence-corrected chi connectivity index (χ1v) is 8.23. The molecular formula is C17H29NO4. The van der Waals surface area contributed by atoms with Crippen LogP contribution < -0.4 is 0 Å². The Balaban J connectivity index is 2.59. The lowest BCUT2D eigenvalue weighted by Crippen LogP contribution is -2.42. The smallest absolute Gasteiger partial charge is 0.417 e. The number of nitrogens with zero attached hydrogens (tertiary/aromatic N) is 1. The molecule has 0 unspecified atom stereocenters. The molecule has 0 spiro atoms. The van der Waals surface area contributed by atoms with E-state index in [9.17, 15) is 14.7 Å². The fourth-order valence-electron chi connectivity index (χ4n) is 2.50. The van der Waals surface area contributed by atoms with Crippen LogP contribution in [0.15, 0.2) is 11.6 Å². The molecule has 1 N–H and O–H groups in total. The average Bonchev–Trinajstić information content (AvgIpc) is 2.86. The van der Waals surface area contributed by atoms with Gasteiger partial charge in [0.2, 0.25) is 0 Å². The molecule has 5 nitrogen and oxygen atoms in total. The first-order valence-electron chi connectivity index (χ1n) is 8.23. The molecule has 2 amide bonds. The second kappa shape index (κ2) is 8.93. The van der Waals surface area contributed by atoms with Crippen molar-refractivity contribution in [3.63, 3.8) is 0 Å². The maximum absolute atomic E-state index is 12.4. The van der Waals surface area contributed by atoms with Crippen LogP contribution in [0.1, 0.15) is 59.8 Å². The Morgan fingerprint density at radius 1 is 1.45 bits per heavy atom. The first kappa shape index (κ1) is 18.7. The lowest BCUT2D eigenvalue weighted by Gasteiger charge is -2.22. The third-order valence-corrected chi connectivity index (χ3v) is 4.07. The van der Waals surface area contributed by atoms with Crippen molar-refractivity contribution in [2.45, 2.75) is 71.9 Å². The van der Waals surface area contributed by atoms with Crippen molar-refractivity contribution in [3.8, 4) is 0 Å². The number of hydrogen-bond donors (Lipinski definition) is 1. The molecule has 1 saturated heterocycles. The summed E-state index contributed by atoms with van der Waals surface area (Å²) >= 11 is 0. The van der Waals surface area contributed by atoms with Crippen LogP contribution in [0, 0.1) is 5.92 Å². The Morgan fingerprint density at radius 3 is 2.73 bits per heavy atom. The van der Waals surface area contributed by atoms with Gasteiger partial charge in [0.15, 0.2) is 0 Å². The van der Waals surface area contributed by atoms with E-state index in [1.54, 1.807) is 13.0 Å². The van der Waals surface area contributed by atoms with Gasteiger partial charge in [-0.2, -0.15) is 0 Å². The molecule has 1 aliphatic heterocycles. The summed E-state index contributed by atoms with van der Waals surface area (Å²) in [5.41, 5.74) is 0.485. The molecule has 0 aromatic carbocycles. The van der Waals surface area contributed by atoms with Crippen LogP contribution in [0.25, 0.3) is 0 Å². The van der Waals surface area contributed by atoms with E-state index in [2.05, 4.69) is 6.92 Å². The number of aliphatic hydroxyl groups is 1. The Labute approximate surface area is 133 Å². The van der Waals surface area contributed by atoms with Gasteiger partial charge >= 0.3 is 6.09 Å². The second-order valence-corrected chi connectivity index (χ2v) is 6.34. The zero-order chi connectivity index (χ0) is 16.7. The number of hydrogen-bond acceptors (Lipinski definition) is 4. The van der Waals surface area contributed by atoms with Crippen molar-refractivity contribution in [1.82, 2.24) is 4.90 Å². The van der Waals surface area contributed by atoms with Crippen LogP contribution >= 0.6 is 0 Å². The molecule has 1 aliphatic rings. The van der Waals surface area contributed by atoms with E-state index in [-0.39, 0.29) is 24.5 Å². The molecular weight excluding hydrogens is 282 g/mol. The fourth-order valence-corrected chi connectivity index (χ4v) is 2.50. The van der Waals surface area contributed by atoms with Crippen molar-refractivity contribution in [1.29, 1.82) is 0 Å². The Morgan fingerprint density at radius 2 is 2.14 bits per heavy atom. The summed E-state index contributed by atoms with van der Waals surface area (Å²) in [5, 5.41) is 9.90. The number of unbranched alkanes of at least 4 members (excludes halogenated alkanes) is 2. The highest BCUT2D eigenvalue weighted by Gasteiger charge is 2.39. The van der Waals surface area contributed by atoms with Gasteiger partial charge < -0.3 is 9.84 Å². The van der Waals surface area contributed by atoms with Crippen LogP contribution in [0.3, 0.4) is 0 Å². The minimum absolute atomic E-state index is 0.155. The van der Waals surface area contributed by atoms with E-state index in [0.717, 1.165) is 25.7 Å². The molecule has 0 bridgehead atoms. The van der Waals surface area contributed by atoms with Crippen molar-refractivity contribution in [2.75, 3.05) is 6.61 Å². The molecule has 2 atom stereocenters. The van der Waals surface area contributed by atoms with E-state index < -0.39 is 12.2 Å². The lowest BCUT2D eigenvalue weighted by molar-refractivity contribution is -0.125. The maximum atomic E-state index is 12.4. The normalized spacial score (nSPS) is 20.5. The third kappa shape index (κ3) is 5.13. The number of aliphatic hydroxyl groups excluding tert-OH is 1. The highest BCUT2D eigenvalue weighted by molar-refractivity contribution is 6.03. The largest absolute Gasteiger partial charge is 0.447 e. The van der Waals surface area contributed by atoms with Gasteiger partial charge in [-0.1, -0.05) is 46.1 Å². The molecule has 1 fully saturated rings. The molecule has 0 radical (unpaired) electrons. The quantitative estimate of drug-likeness (QED) is 0.552. The highest BCUT2D eigenvalue weighted by atomic mass is 16.6. The summed E-state index contributed by atoms with van der Waals surface area (Å²) in [6, 6.07) is -0.210. The van der Waals surface area contributed by atoms with Crippen LogP contribution in [0.4, 0.5) is 4.79 Å². The monoisotopic (exact) mass is 311 g/mol. The second-order valence-electron chi connectivity index (χ2n) is 6.34. The van der Waals surface area contributed by atoms with Gasteiger partial charge in [0, 0.05) is 5.57 Å². The van der Waals surface area contributed by atoms with Crippen molar-refractivity contribution in [2.24, 2.45) is 5.92 Å². The molecule has 126 valence electrons. The molecule has 0 aliphatic carbocycles. The predicted octanol–water partition coefficient (Wildman–Crippen LogP) is 3.27. The third-order valence-electron chi connectivity index (χ3n) is 4.07. The summed E-state index contributed by atoms with van der Waals surface area (Å²) < 4.78 is 4.99. The Kier molecular flexibility index (Phi) is 7.59. The molecule has 1 rings (SSSR count). The van der Waals surface area contributed by atoms with Gasteiger partial charge in [0.1, 0.15) is 6.61 Å². The molecule has 22 heavy (non-hydrogen) atoms. The van der Waals surface area contributed by atoms with Crippen LogP contribution in [-0.2, 0) is 9.53 Å². The summed E-state index contributed by atoms with van der Waals surface area (Å²) in [5.74, 6) is -0.162. The lowest BCUT2D eigenvalue weighted by atomic mass is 10.0. The van der Waals surface area contributed by atoms with E-state index in [0.29, 0.717) is 12.0 Å². The number of carbonyl (C=O) groups is 2. The van der Waals surface area contributed by atoms with Gasteiger partial charge in [0.05, 0.1) is 12.1 Å². The molecule has 5 heteroatoms. The zero-order valence-corrected chi connectivity index (χ0v) is 14.2. The van der Waals surface area contributed by atoms with E-state index in [4.69, 9.17) is 4.74 Å². The van der Waals surface area contributed by atoms with Crippen LogP contribution in [0.2, 0.25) is 0 Å². The molecule has 0 saturated carbocycles. The molecule has 0 aromatic rings. The van der Waals surface area contributed by atoms with Gasteiger partial charge in [0.25, 0.3) is 5.91 Å². The minimum atomic E-state index is -0.569. The maximum Gasteiger partial charge on any atom is 0.417 e. The molecule has 1 heterocycles. The van der Waals surface area contributed by atoms with Gasteiger partial charge in [-0.15, -0.1) is 0 Å². The Hall–Kier alpha value is -1.36. The number of imide groups is 1. The zero-order valence-electron chi connectivity index (χ0n) is 14.2. The van der Waals surface area contributed by atoms with E-state index >= 15 is 0 Å². The van der Waals surface area contributed by atoms with E-state index in [1.807, 2.05) is 13.8 Å². The van der Waals surface area contributed by atoms with E-state index in [1.165, 1.54) is 4.90 Å². The first-order chi connectivity index (χ1) is 10.4. The highest BCUT2D eigenvalue weighted by Crippen LogP contribution is 2.22. The minimum Gasteiger partial charge on any atom is -0.447 e. The summed E-state index contributed by atoms with van der Waals surface area (Å²) in [6.45, 7) is 7.99. The number of ether oxygens (including phenoxy) is 1. The molecule has 0 aromatic heterocycles. The van der Waals surface area contributed by atoms with Crippen molar-refractivity contribution < 1.29 is 19.4 Å². The fraction of sp³-hybridized carbons (Fsp3) is 0.765. The number of rotatable bonds is 8. The van der Waals surface area contributed by atoms with Gasteiger partial charge in [-0.25, -0.2) is 9.69 Å². The van der Waals surface area contributed by atoms with Crippen molar-refractivity contribution in [3.05, 3.63) is 11.6 Å². The number of amides is 2. The van der Waals surface area contributed by atoms with Gasteiger partial charge in [-0.3, -0.25) is 4.79 Å². The standard InChI is InChI=1S/C17H29NO4/c1-5-6-7-8-14(19)10-9-13(4)16(20)18-15(12(2)3)11-22-17(18)21/h9,12,14-15,19H,5-8,10-11H2,1-4H3/b13-9+/t14-,15+/m1/s1. The van der Waals surface area contributed by atoms with Crippen LogP contribution in [-0.4, -0.2) is 40.8 Å². The number of carbonyl (C=O) groups excluding carboxylic acids is 2. The predicted molar refractivity (Wildman–Crippen MR) is 85.3 cm³/mol. The summed E-state index contributed by atoms with van der Waals surface area (Å²) in [6.07, 6.45) is 5.12. The SMILES string of the molecule is CCCCC[C@@H](O)C/C=C(\C)C(=O)N1C(=O)OC[C@H]1C(C)C. The number of cyclic esters (lactones) is 1. The summed E-state index contributed by atoms with van der Waals surface area (Å²) in [4.78, 5) is 25.4. The Bertz CT molecular complexity index is 417. The average molecular weight is 311 g/mol. The van der Waals surface area contributed by atoms with Gasteiger partial charge in [-0.05, 0) is 25.7 Å². The van der Waals surface area contributed by atoms with Crippen LogP contribution in [0.5, 0.6) is 0 Å². The summed E-state index contributed by atoms with van der Waals surface area (Å²) in [7, 11) is 0. The van der Waals surface area contributed by atoms with Crippen molar-refractivity contribution >= 4 is 12.0 Å². The topological polar surface area (TPSA) is 66.8 Å².